The number of anilines is 2. The molecular weight excluding hydrogens is 471 g/mol. The van der Waals surface area contributed by atoms with Crippen LogP contribution in [0, 0.1) is 5.92 Å². The van der Waals surface area contributed by atoms with E-state index in [0.717, 1.165) is 4.70 Å². The quantitative estimate of drug-likeness (QED) is 0.335. The fraction of sp³-hybridized carbons (Fsp3) is 0.421. The average Bonchev–Trinajstić information content (AvgIpc) is 3.27. The molecule has 1 aliphatic carbocycles. The largest absolute Gasteiger partial charge is 0.405 e. The molecule has 0 aliphatic heterocycles. The Hall–Kier alpha value is -2.25. The van der Waals surface area contributed by atoms with E-state index < -0.39 is 36.9 Å². The summed E-state index contributed by atoms with van der Waals surface area (Å²) in [5.41, 5.74) is 0.963. The van der Waals surface area contributed by atoms with Gasteiger partial charge in [-0.05, 0) is 18.6 Å². The highest BCUT2D eigenvalue weighted by Crippen LogP contribution is 2.40. The van der Waals surface area contributed by atoms with Gasteiger partial charge in [0.15, 0.2) is 0 Å². The fourth-order valence-corrected chi connectivity index (χ4v) is 4.92. The summed E-state index contributed by atoms with van der Waals surface area (Å²) in [4.78, 5) is 12.6. The van der Waals surface area contributed by atoms with Crippen molar-refractivity contribution < 1.29 is 28.5 Å². The van der Waals surface area contributed by atoms with E-state index >= 15 is 0 Å². The van der Waals surface area contributed by atoms with E-state index in [9.17, 15) is 28.5 Å². The zero-order valence-corrected chi connectivity index (χ0v) is 17.9. The second-order valence-electron chi connectivity index (χ2n) is 7.43. The van der Waals surface area contributed by atoms with Gasteiger partial charge in [-0.3, -0.25) is 0 Å². The zero-order chi connectivity index (χ0) is 23.0. The van der Waals surface area contributed by atoms with Crippen molar-refractivity contribution in [3.63, 3.8) is 0 Å². The van der Waals surface area contributed by atoms with Gasteiger partial charge in [0.1, 0.15) is 28.6 Å². The number of aliphatic hydroxyl groups is 3. The molecule has 0 bridgehead atoms. The van der Waals surface area contributed by atoms with Gasteiger partial charge in [-0.25, -0.2) is 9.97 Å². The van der Waals surface area contributed by atoms with Gasteiger partial charge >= 0.3 is 6.18 Å². The van der Waals surface area contributed by atoms with Gasteiger partial charge in [-0.15, -0.1) is 11.3 Å². The average molecular weight is 490 g/mol. The lowest BCUT2D eigenvalue weighted by Crippen LogP contribution is -2.35. The van der Waals surface area contributed by atoms with Crippen LogP contribution >= 0.6 is 22.9 Å². The zero-order valence-electron chi connectivity index (χ0n) is 16.3. The molecule has 13 heteroatoms. The predicted molar refractivity (Wildman–Crippen MR) is 115 cm³/mol. The second-order valence-corrected chi connectivity index (χ2v) is 8.82. The van der Waals surface area contributed by atoms with Gasteiger partial charge < -0.3 is 26.0 Å². The van der Waals surface area contributed by atoms with Crippen LogP contribution in [-0.2, 0) is 0 Å². The minimum Gasteiger partial charge on any atom is -0.396 e. The van der Waals surface area contributed by atoms with E-state index in [-0.39, 0.29) is 35.5 Å². The van der Waals surface area contributed by atoms with Crippen molar-refractivity contribution in [2.45, 2.75) is 30.8 Å². The third-order valence-corrected chi connectivity index (χ3v) is 6.51. The molecule has 0 amide bonds. The Kier molecular flexibility index (Phi) is 6.41. The molecule has 5 N–H and O–H groups in total. The monoisotopic (exact) mass is 489 g/mol. The third-order valence-electron chi connectivity index (χ3n) is 5.18. The van der Waals surface area contributed by atoms with E-state index in [0.29, 0.717) is 10.5 Å². The number of benzene rings is 1. The van der Waals surface area contributed by atoms with Gasteiger partial charge in [-0.2, -0.15) is 18.2 Å². The number of aliphatic hydroxyl groups excluding tert-OH is 3. The normalized spacial score (nSPS) is 23.6. The van der Waals surface area contributed by atoms with Gasteiger partial charge in [-0.1, -0.05) is 23.7 Å². The van der Waals surface area contributed by atoms with Gasteiger partial charge in [0.05, 0.1) is 27.9 Å². The Morgan fingerprint density at radius 1 is 1.12 bits per heavy atom. The van der Waals surface area contributed by atoms with Crippen molar-refractivity contribution in [1.82, 2.24) is 15.0 Å². The molecule has 1 saturated carbocycles. The molecule has 0 radical (unpaired) electrons. The van der Waals surface area contributed by atoms with Gasteiger partial charge in [0, 0.05) is 12.5 Å². The van der Waals surface area contributed by atoms with E-state index in [4.69, 9.17) is 11.6 Å². The summed E-state index contributed by atoms with van der Waals surface area (Å²) in [5.74, 6) is -0.858. The minimum atomic E-state index is -4.49. The Morgan fingerprint density at radius 2 is 1.88 bits per heavy atom. The Bertz CT molecular complexity index is 1080. The number of halogens is 4. The lowest BCUT2D eigenvalue weighted by atomic mass is 10.1. The van der Waals surface area contributed by atoms with Crippen LogP contribution < -0.4 is 10.6 Å². The van der Waals surface area contributed by atoms with Crippen LogP contribution in [-0.4, -0.2) is 67.8 Å². The molecule has 1 aliphatic rings. The molecule has 0 saturated heterocycles. The molecule has 4 rings (SSSR count). The number of nitrogens with zero attached hydrogens (tertiary/aromatic N) is 3. The number of aromatic nitrogens is 3. The number of fused-ring (bicyclic) bond motifs is 1. The maximum Gasteiger partial charge on any atom is 0.405 e. The summed E-state index contributed by atoms with van der Waals surface area (Å²) >= 11 is 7.65. The molecule has 8 nitrogen and oxygen atoms in total. The summed E-state index contributed by atoms with van der Waals surface area (Å²) < 4.78 is 38.8. The minimum absolute atomic E-state index is 0.0589. The van der Waals surface area contributed by atoms with Crippen LogP contribution in [0.4, 0.5) is 24.9 Å². The molecule has 2 heterocycles. The molecule has 4 atom stereocenters. The number of hydrogen-bond donors (Lipinski definition) is 5. The smallest absolute Gasteiger partial charge is 0.396 e. The highest BCUT2D eigenvalue weighted by molar-refractivity contribution is 7.21. The lowest BCUT2D eigenvalue weighted by Gasteiger charge is -2.21. The number of alkyl halides is 3. The number of para-hydroxylation sites is 1. The third kappa shape index (κ3) is 4.74. The Balaban J connectivity index is 1.74. The number of hydrogen-bond acceptors (Lipinski definition) is 9. The topological polar surface area (TPSA) is 123 Å². The molecule has 172 valence electrons. The van der Waals surface area contributed by atoms with Crippen molar-refractivity contribution in [3.8, 4) is 10.6 Å². The van der Waals surface area contributed by atoms with Gasteiger partial charge in [0.25, 0.3) is 0 Å². The molecule has 1 fully saturated rings. The molecular formula is C19H19ClF3N5O3S. The van der Waals surface area contributed by atoms with Crippen LogP contribution in [0.15, 0.2) is 24.3 Å². The van der Waals surface area contributed by atoms with E-state index in [1.165, 1.54) is 11.3 Å². The molecule has 2 aromatic heterocycles. The van der Waals surface area contributed by atoms with E-state index in [1.54, 1.807) is 6.07 Å². The molecule has 3 aromatic rings. The van der Waals surface area contributed by atoms with Crippen LogP contribution in [0.5, 0.6) is 0 Å². The molecule has 1 aromatic carbocycles. The van der Waals surface area contributed by atoms with Crippen molar-refractivity contribution >= 4 is 44.9 Å². The molecule has 0 unspecified atom stereocenters. The Labute approximate surface area is 189 Å². The van der Waals surface area contributed by atoms with Crippen LogP contribution in [0.3, 0.4) is 0 Å². The summed E-state index contributed by atoms with van der Waals surface area (Å²) in [6, 6.07) is 6.60. The first-order chi connectivity index (χ1) is 15.2. The van der Waals surface area contributed by atoms with Crippen molar-refractivity contribution in [2.75, 3.05) is 23.8 Å². The first-order valence-corrected chi connectivity index (χ1v) is 10.8. The Morgan fingerprint density at radius 3 is 2.53 bits per heavy atom. The van der Waals surface area contributed by atoms with Crippen LogP contribution in [0.25, 0.3) is 20.8 Å². The number of thiazole rings is 1. The first kappa shape index (κ1) is 22.9. The predicted octanol–water partition coefficient (Wildman–Crippen LogP) is 2.90. The number of rotatable bonds is 6. The fourth-order valence-electron chi connectivity index (χ4n) is 3.59. The highest BCUT2D eigenvalue weighted by atomic mass is 35.5. The lowest BCUT2D eigenvalue weighted by molar-refractivity contribution is -0.115. The molecule has 0 spiro atoms. The van der Waals surface area contributed by atoms with Crippen molar-refractivity contribution in [3.05, 3.63) is 29.4 Å². The van der Waals surface area contributed by atoms with Crippen LogP contribution in [0.1, 0.15) is 6.42 Å². The summed E-state index contributed by atoms with van der Waals surface area (Å²) in [6.45, 7) is -1.69. The summed E-state index contributed by atoms with van der Waals surface area (Å²) in [5, 5.41) is 35.3. The SMILES string of the molecule is OC[C@H]1C[C@@H](Nc2nc(NCC(F)(F)F)nc(Cl)c2-c2nc3ccccc3s2)[C@H](O)[C@@H]1O. The van der Waals surface area contributed by atoms with Crippen LogP contribution in [0.2, 0.25) is 5.15 Å². The molecule has 32 heavy (non-hydrogen) atoms. The van der Waals surface area contributed by atoms with E-state index in [2.05, 4.69) is 25.6 Å². The van der Waals surface area contributed by atoms with E-state index in [1.807, 2.05) is 18.2 Å². The maximum absolute atomic E-state index is 12.6. The summed E-state index contributed by atoms with van der Waals surface area (Å²) in [7, 11) is 0. The maximum atomic E-state index is 12.6. The van der Waals surface area contributed by atoms with Crippen molar-refractivity contribution in [2.24, 2.45) is 5.92 Å². The van der Waals surface area contributed by atoms with Crippen molar-refractivity contribution in [1.29, 1.82) is 0 Å². The summed E-state index contributed by atoms with van der Waals surface area (Å²) in [6.07, 6.45) is -6.67. The van der Waals surface area contributed by atoms with Gasteiger partial charge in [0.2, 0.25) is 5.95 Å². The standard InChI is InChI=1S/C19H19ClF3N5O3S/c20-15-12(17-26-9-3-1-2-4-11(9)32-17)16(28-18(27-15)24-7-19(21,22)23)25-10-5-8(6-29)13(30)14(10)31/h1-4,8,10,13-14,29-31H,5-7H2,(H2,24,25,27,28)/t8-,10-,13-,14+/m1/s1. The number of nitrogens with one attached hydrogen (secondary N) is 2. The highest BCUT2D eigenvalue weighted by Gasteiger charge is 2.41. The second kappa shape index (κ2) is 8.94. The first-order valence-electron chi connectivity index (χ1n) is 9.64.